The van der Waals surface area contributed by atoms with Crippen LogP contribution in [0.4, 0.5) is 4.79 Å². The number of ether oxygens (including phenoxy) is 2. The van der Waals surface area contributed by atoms with Gasteiger partial charge >= 0.3 is 12.0 Å². The largest absolute Gasteiger partial charge is 0.490 e. The Balaban J connectivity index is 1.53. The lowest BCUT2D eigenvalue weighted by molar-refractivity contribution is -0.144. The average Bonchev–Trinajstić information content (AvgIpc) is 3.52. The van der Waals surface area contributed by atoms with Crippen LogP contribution >= 0.6 is 0 Å². The quantitative estimate of drug-likeness (QED) is 0.356. The molecule has 5 N–H and O–H groups in total. The van der Waals surface area contributed by atoms with Crippen molar-refractivity contribution in [3.8, 4) is 11.6 Å². The number of aliphatic carboxylic acids is 1. The maximum Gasteiger partial charge on any atom is 0.327 e. The fraction of sp³-hybridized carbons (Fsp3) is 0.478. The molecular formula is C23H30N6O5. The van der Waals surface area contributed by atoms with E-state index >= 15 is 0 Å². The minimum absolute atomic E-state index is 0.0104. The highest BCUT2D eigenvalue weighted by atomic mass is 16.5. The summed E-state index contributed by atoms with van der Waals surface area (Å²) in [6, 6.07) is 5.83. The van der Waals surface area contributed by atoms with Crippen LogP contribution < -0.4 is 15.2 Å². The van der Waals surface area contributed by atoms with Crippen LogP contribution in [0, 0.1) is 5.41 Å². The number of amides is 2. The van der Waals surface area contributed by atoms with E-state index in [1.807, 2.05) is 0 Å². The molecule has 0 bridgehead atoms. The molecule has 3 heterocycles. The Labute approximate surface area is 197 Å². The van der Waals surface area contributed by atoms with Gasteiger partial charge in [-0.15, -0.1) is 5.10 Å². The summed E-state index contributed by atoms with van der Waals surface area (Å²) in [6.45, 7) is 1.92. The summed E-state index contributed by atoms with van der Waals surface area (Å²) in [5.41, 5.74) is 7.47. The predicted octanol–water partition coefficient (Wildman–Crippen LogP) is 2.13. The number of rotatable bonds is 7. The number of H-pyrrole nitrogens is 1. The first-order valence-electron chi connectivity index (χ1n) is 11.4. The summed E-state index contributed by atoms with van der Waals surface area (Å²) in [4.78, 5) is 28.6. The molecule has 2 aliphatic heterocycles. The summed E-state index contributed by atoms with van der Waals surface area (Å²) in [5, 5.41) is 24.7. The smallest absolute Gasteiger partial charge is 0.327 e. The maximum absolute atomic E-state index is 13.1. The molecule has 4 rings (SSSR count). The molecule has 11 nitrogen and oxygen atoms in total. The van der Waals surface area contributed by atoms with Crippen molar-refractivity contribution in [1.82, 2.24) is 20.0 Å². The molecule has 2 fully saturated rings. The first-order chi connectivity index (χ1) is 16.4. The normalized spacial score (nSPS) is 20.3. The number of carboxylic acid groups (broad SMARTS) is 1. The third-order valence-electron chi connectivity index (χ3n) is 6.44. The number of hydrogen-bond donors (Lipinski definition) is 4. The molecule has 2 aliphatic rings. The zero-order valence-corrected chi connectivity index (χ0v) is 19.1. The van der Waals surface area contributed by atoms with Gasteiger partial charge in [0.05, 0.1) is 12.8 Å². The molecular weight excluding hydrogens is 440 g/mol. The Bertz CT molecular complexity index is 1050. The summed E-state index contributed by atoms with van der Waals surface area (Å²) in [7, 11) is 1.48. The summed E-state index contributed by atoms with van der Waals surface area (Å²) < 4.78 is 11.4. The lowest BCUT2D eigenvalue weighted by atomic mass is 9.86. The zero-order valence-electron chi connectivity index (χ0n) is 19.1. The standard InChI is InChI=1S/C23H30N6O5/c1-33-19-17(26-27-21(19)34-13-14-6-8-15(9-7-14)20(24)25)16-5-4-12-29(18(16)22(30)31)23(32)28-10-2-3-11-28/h6-9,16,18H,2-5,10-13H2,1H3,(H3,24,25)(H,26,27)(H,30,31). The molecule has 2 amide bonds. The summed E-state index contributed by atoms with van der Waals surface area (Å²) >= 11 is 0. The van der Waals surface area contributed by atoms with Gasteiger partial charge in [0, 0.05) is 31.1 Å². The second-order valence-corrected chi connectivity index (χ2v) is 8.58. The van der Waals surface area contributed by atoms with Gasteiger partial charge in [-0.05, 0) is 31.2 Å². The highest BCUT2D eigenvalue weighted by molar-refractivity contribution is 5.94. The molecule has 0 saturated carbocycles. The zero-order chi connectivity index (χ0) is 24.2. The third-order valence-corrected chi connectivity index (χ3v) is 6.44. The maximum atomic E-state index is 13.1. The van der Waals surface area contributed by atoms with Crippen molar-refractivity contribution >= 4 is 17.8 Å². The van der Waals surface area contributed by atoms with Gasteiger partial charge < -0.3 is 30.1 Å². The van der Waals surface area contributed by atoms with Gasteiger partial charge in [0.15, 0.2) is 0 Å². The van der Waals surface area contributed by atoms with Crippen molar-refractivity contribution in [1.29, 1.82) is 5.41 Å². The number of hydrogen-bond acceptors (Lipinski definition) is 6. The minimum atomic E-state index is -1.05. The number of piperidine rings is 1. The fourth-order valence-corrected chi connectivity index (χ4v) is 4.71. The molecule has 2 saturated heterocycles. The monoisotopic (exact) mass is 470 g/mol. The van der Waals surface area contributed by atoms with Crippen LogP contribution in [0.25, 0.3) is 0 Å². The number of carbonyl (C=O) groups is 2. The van der Waals surface area contributed by atoms with E-state index < -0.39 is 17.9 Å². The molecule has 0 aliphatic carbocycles. The Morgan fingerprint density at radius 1 is 1.21 bits per heavy atom. The van der Waals surface area contributed by atoms with Crippen LogP contribution in [0.1, 0.15) is 48.4 Å². The number of methoxy groups -OCH3 is 1. The van der Waals surface area contributed by atoms with E-state index in [9.17, 15) is 14.7 Å². The molecule has 1 aromatic carbocycles. The van der Waals surface area contributed by atoms with Crippen LogP contribution in [0.15, 0.2) is 24.3 Å². The number of likely N-dealkylation sites (tertiary alicyclic amines) is 2. The predicted molar refractivity (Wildman–Crippen MR) is 123 cm³/mol. The Morgan fingerprint density at radius 3 is 2.53 bits per heavy atom. The molecule has 2 atom stereocenters. The van der Waals surface area contributed by atoms with Crippen LogP contribution in [-0.2, 0) is 11.4 Å². The second-order valence-electron chi connectivity index (χ2n) is 8.58. The van der Waals surface area contributed by atoms with Crippen LogP contribution in [0.3, 0.4) is 0 Å². The lowest BCUT2D eigenvalue weighted by Crippen LogP contribution is -2.55. The van der Waals surface area contributed by atoms with E-state index in [-0.39, 0.29) is 24.4 Å². The van der Waals surface area contributed by atoms with Gasteiger partial charge in [-0.25, -0.2) is 9.59 Å². The topological polar surface area (TPSA) is 158 Å². The second kappa shape index (κ2) is 10.0. The van der Waals surface area contributed by atoms with Gasteiger partial charge in [-0.2, -0.15) is 0 Å². The number of urea groups is 1. The van der Waals surface area contributed by atoms with Gasteiger partial charge in [0.25, 0.3) is 5.88 Å². The van der Waals surface area contributed by atoms with Crippen molar-refractivity contribution in [3.63, 3.8) is 0 Å². The van der Waals surface area contributed by atoms with Gasteiger partial charge in [-0.1, -0.05) is 24.3 Å². The number of carboxylic acids is 1. The number of nitrogens with zero attached hydrogens (tertiary/aromatic N) is 3. The van der Waals surface area contributed by atoms with Gasteiger partial charge in [0.1, 0.15) is 18.5 Å². The van der Waals surface area contributed by atoms with Crippen molar-refractivity contribution in [2.75, 3.05) is 26.7 Å². The highest BCUT2D eigenvalue weighted by Gasteiger charge is 2.44. The average molecular weight is 471 g/mol. The number of aromatic nitrogens is 2. The number of nitrogens with one attached hydrogen (secondary N) is 2. The summed E-state index contributed by atoms with van der Waals surface area (Å²) in [5.74, 6) is -1.01. The van der Waals surface area contributed by atoms with Crippen LogP contribution in [-0.4, -0.2) is 75.7 Å². The minimum Gasteiger partial charge on any atom is -0.490 e. The van der Waals surface area contributed by atoms with Crippen molar-refractivity contribution in [2.24, 2.45) is 5.73 Å². The fourth-order valence-electron chi connectivity index (χ4n) is 4.71. The van der Waals surface area contributed by atoms with Gasteiger partial charge in [-0.3, -0.25) is 10.5 Å². The summed E-state index contributed by atoms with van der Waals surface area (Å²) in [6.07, 6.45) is 3.13. The van der Waals surface area contributed by atoms with E-state index in [1.165, 1.54) is 12.0 Å². The molecule has 1 aromatic heterocycles. The molecule has 0 radical (unpaired) electrons. The van der Waals surface area contributed by atoms with Crippen molar-refractivity contribution in [2.45, 2.75) is 44.2 Å². The van der Waals surface area contributed by atoms with E-state index in [1.54, 1.807) is 29.2 Å². The van der Waals surface area contributed by atoms with Crippen LogP contribution in [0.5, 0.6) is 11.6 Å². The number of nitrogens with two attached hydrogens (primary N) is 1. The molecule has 182 valence electrons. The highest BCUT2D eigenvalue weighted by Crippen LogP contribution is 2.41. The van der Waals surface area contributed by atoms with Gasteiger partial charge in [0.2, 0.25) is 5.75 Å². The third kappa shape index (κ3) is 4.63. The van der Waals surface area contributed by atoms with E-state index in [0.717, 1.165) is 18.4 Å². The van der Waals surface area contributed by atoms with Crippen LogP contribution in [0.2, 0.25) is 0 Å². The Morgan fingerprint density at radius 2 is 1.91 bits per heavy atom. The molecule has 0 spiro atoms. The Hall–Kier alpha value is -3.76. The molecule has 34 heavy (non-hydrogen) atoms. The van der Waals surface area contributed by atoms with E-state index in [2.05, 4.69) is 10.2 Å². The molecule has 2 unspecified atom stereocenters. The lowest BCUT2D eigenvalue weighted by Gasteiger charge is -2.40. The Kier molecular flexibility index (Phi) is 6.90. The van der Waals surface area contributed by atoms with E-state index in [4.69, 9.17) is 20.6 Å². The number of carbonyl (C=O) groups excluding carboxylic acids is 1. The van der Waals surface area contributed by atoms with E-state index in [0.29, 0.717) is 49.5 Å². The number of amidine groups is 1. The van der Waals surface area contributed by atoms with Crippen molar-refractivity contribution < 1.29 is 24.2 Å². The van der Waals surface area contributed by atoms with Crippen molar-refractivity contribution in [3.05, 3.63) is 41.1 Å². The first-order valence-corrected chi connectivity index (χ1v) is 11.4. The first kappa shape index (κ1) is 23.4. The number of nitrogen functional groups attached to an aromatic ring is 1. The molecule has 11 heteroatoms. The number of aromatic amines is 1. The SMILES string of the molecule is COc1c(OCc2ccc(C(=N)N)cc2)n[nH]c1C1CCCN(C(=O)N2CCCC2)C1C(=O)O. The molecule has 2 aromatic rings. The number of benzene rings is 1.